The van der Waals surface area contributed by atoms with Gasteiger partial charge in [0.25, 0.3) is 0 Å². The minimum Gasteiger partial charge on any atom is -0.489 e. The molecule has 6 nitrogen and oxygen atoms in total. The fraction of sp³-hybridized carbons (Fsp3) is 0.391. The molecule has 1 aliphatic rings. The number of ether oxygens (including phenoxy) is 1. The van der Waals surface area contributed by atoms with Crippen LogP contribution in [-0.2, 0) is 9.59 Å². The number of hydrogen-bond donors (Lipinski definition) is 1. The number of rotatable bonds is 5. The van der Waals surface area contributed by atoms with Gasteiger partial charge in [0.05, 0.1) is 24.8 Å². The van der Waals surface area contributed by atoms with Gasteiger partial charge in [0.2, 0.25) is 11.8 Å². The highest BCUT2D eigenvalue weighted by atomic mass is 16.5. The van der Waals surface area contributed by atoms with E-state index in [0.717, 1.165) is 11.3 Å². The normalized spacial score (nSPS) is 16.2. The first-order valence-corrected chi connectivity index (χ1v) is 9.83. The zero-order chi connectivity index (χ0) is 21.0. The van der Waals surface area contributed by atoms with Crippen LogP contribution in [0.4, 0.5) is 5.69 Å². The second kappa shape index (κ2) is 8.66. The summed E-state index contributed by atoms with van der Waals surface area (Å²) in [5.41, 5.74) is 1.47. The fourth-order valence-corrected chi connectivity index (χ4v) is 3.48. The summed E-state index contributed by atoms with van der Waals surface area (Å²) in [6, 6.07) is 17.2. The first-order valence-electron chi connectivity index (χ1n) is 9.83. The van der Waals surface area contributed by atoms with Gasteiger partial charge in [-0.05, 0) is 45.5 Å². The highest BCUT2D eigenvalue weighted by Crippen LogP contribution is 2.39. The Bertz CT molecular complexity index is 861. The lowest BCUT2D eigenvalue weighted by Crippen LogP contribution is -2.49. The van der Waals surface area contributed by atoms with Gasteiger partial charge in [-0.15, -0.1) is 0 Å². The Morgan fingerprint density at radius 1 is 1.07 bits per heavy atom. The van der Waals surface area contributed by atoms with Gasteiger partial charge in [0, 0.05) is 5.54 Å². The van der Waals surface area contributed by atoms with E-state index in [4.69, 9.17) is 4.74 Å². The lowest BCUT2D eigenvalue weighted by molar-refractivity contribution is -0.124. The predicted octanol–water partition coefficient (Wildman–Crippen LogP) is 3.00. The second-order valence-electron chi connectivity index (χ2n) is 8.44. The molecule has 0 saturated heterocycles. The smallest absolute Gasteiger partial charge is 0.241 e. The third-order valence-corrected chi connectivity index (χ3v) is 4.62. The first-order chi connectivity index (χ1) is 13.7. The zero-order valence-corrected chi connectivity index (χ0v) is 17.5. The van der Waals surface area contributed by atoms with Crippen molar-refractivity contribution in [3.05, 3.63) is 60.2 Å². The van der Waals surface area contributed by atoms with Gasteiger partial charge in [-0.25, -0.2) is 0 Å². The predicted molar refractivity (Wildman–Crippen MR) is 114 cm³/mol. The van der Waals surface area contributed by atoms with E-state index in [2.05, 4.69) is 5.32 Å². The Hall–Kier alpha value is -2.86. The van der Waals surface area contributed by atoms with Crippen molar-refractivity contribution < 1.29 is 14.3 Å². The molecule has 2 aromatic rings. The average molecular weight is 396 g/mol. The Morgan fingerprint density at radius 3 is 2.41 bits per heavy atom. The number of benzene rings is 2. The van der Waals surface area contributed by atoms with E-state index < -0.39 is 0 Å². The van der Waals surface area contributed by atoms with Crippen molar-refractivity contribution in [1.82, 2.24) is 10.2 Å². The standard InChI is InChI=1S/C23H29N3O3/c1-23(2,3)24-21(27)14-25(4)15-22(28)26-18-12-8-9-13-20(18)29-16-19(26)17-10-6-5-7-11-17/h5-13,19H,14-16H2,1-4H3,(H,24,27)/t19-/m1/s1. The maximum absolute atomic E-state index is 13.3. The summed E-state index contributed by atoms with van der Waals surface area (Å²) in [5, 5.41) is 2.93. The van der Waals surface area contributed by atoms with E-state index in [9.17, 15) is 9.59 Å². The van der Waals surface area contributed by atoms with Crippen molar-refractivity contribution >= 4 is 17.5 Å². The molecular weight excluding hydrogens is 366 g/mol. The van der Waals surface area contributed by atoms with Gasteiger partial charge < -0.3 is 10.1 Å². The third-order valence-electron chi connectivity index (χ3n) is 4.62. The van der Waals surface area contributed by atoms with Crippen LogP contribution in [-0.4, -0.2) is 49.0 Å². The number of para-hydroxylation sites is 2. The number of nitrogens with one attached hydrogen (secondary N) is 1. The number of nitrogens with zero attached hydrogens (tertiary/aromatic N) is 2. The fourth-order valence-electron chi connectivity index (χ4n) is 3.48. The van der Waals surface area contributed by atoms with Gasteiger partial charge in [-0.3, -0.25) is 19.4 Å². The highest BCUT2D eigenvalue weighted by molar-refractivity contribution is 5.97. The molecule has 1 aliphatic heterocycles. The van der Waals surface area contributed by atoms with E-state index in [1.165, 1.54) is 0 Å². The minimum atomic E-state index is -0.302. The summed E-state index contributed by atoms with van der Waals surface area (Å²) in [5.74, 6) is 0.525. The molecule has 0 radical (unpaired) electrons. The molecule has 2 amide bonds. The number of hydrogen-bond acceptors (Lipinski definition) is 4. The molecule has 0 aromatic heterocycles. The Kier molecular flexibility index (Phi) is 6.23. The average Bonchev–Trinajstić information content (AvgIpc) is 2.65. The second-order valence-corrected chi connectivity index (χ2v) is 8.44. The molecule has 0 bridgehead atoms. The largest absolute Gasteiger partial charge is 0.489 e. The van der Waals surface area contributed by atoms with Crippen LogP contribution in [0, 0.1) is 0 Å². The number of carbonyl (C=O) groups excluding carboxylic acids is 2. The Balaban J connectivity index is 1.79. The molecule has 154 valence electrons. The highest BCUT2D eigenvalue weighted by Gasteiger charge is 2.33. The number of fused-ring (bicyclic) bond motifs is 1. The van der Waals surface area contributed by atoms with Crippen LogP contribution in [0.2, 0.25) is 0 Å². The maximum atomic E-state index is 13.3. The van der Waals surface area contributed by atoms with Gasteiger partial charge in [0.15, 0.2) is 0 Å². The Morgan fingerprint density at radius 2 is 1.72 bits per heavy atom. The topological polar surface area (TPSA) is 61.9 Å². The maximum Gasteiger partial charge on any atom is 0.241 e. The lowest BCUT2D eigenvalue weighted by atomic mass is 10.0. The molecule has 0 spiro atoms. The van der Waals surface area contributed by atoms with E-state index >= 15 is 0 Å². The molecular formula is C23H29N3O3. The molecule has 0 unspecified atom stereocenters. The third kappa shape index (κ3) is 5.35. The van der Waals surface area contributed by atoms with Crippen molar-refractivity contribution in [2.75, 3.05) is 31.6 Å². The van der Waals surface area contributed by atoms with Crippen molar-refractivity contribution in [2.24, 2.45) is 0 Å². The molecule has 1 atom stereocenters. The van der Waals surface area contributed by atoms with E-state index in [1.54, 1.807) is 16.8 Å². The molecule has 3 rings (SSSR count). The molecule has 1 heterocycles. The summed E-state index contributed by atoms with van der Waals surface area (Å²) in [7, 11) is 1.78. The summed E-state index contributed by atoms with van der Waals surface area (Å²) >= 11 is 0. The van der Waals surface area contributed by atoms with Gasteiger partial charge in [-0.2, -0.15) is 0 Å². The lowest BCUT2D eigenvalue weighted by Gasteiger charge is -2.38. The number of anilines is 1. The quantitative estimate of drug-likeness (QED) is 0.845. The summed E-state index contributed by atoms with van der Waals surface area (Å²) in [6.45, 7) is 6.49. The SMILES string of the molecule is CN(CC(=O)NC(C)(C)C)CC(=O)N1c2ccccc2OC[C@@H]1c1ccccc1. The molecule has 1 N–H and O–H groups in total. The number of carbonyl (C=O) groups is 2. The van der Waals surface area contributed by atoms with Crippen LogP contribution in [0.5, 0.6) is 5.75 Å². The first kappa shape index (κ1) is 20.9. The zero-order valence-electron chi connectivity index (χ0n) is 17.5. The Labute approximate surface area is 172 Å². The van der Waals surface area contributed by atoms with E-state index in [1.807, 2.05) is 75.4 Å². The van der Waals surface area contributed by atoms with Gasteiger partial charge in [-0.1, -0.05) is 42.5 Å². The molecule has 6 heteroatoms. The molecule has 2 aromatic carbocycles. The number of amides is 2. The van der Waals surface area contributed by atoms with Crippen molar-refractivity contribution in [1.29, 1.82) is 0 Å². The van der Waals surface area contributed by atoms with Crippen molar-refractivity contribution in [2.45, 2.75) is 32.4 Å². The van der Waals surface area contributed by atoms with E-state index in [-0.39, 0.29) is 36.5 Å². The van der Waals surface area contributed by atoms with E-state index in [0.29, 0.717) is 12.4 Å². The van der Waals surface area contributed by atoms with Crippen LogP contribution in [0.3, 0.4) is 0 Å². The summed E-state index contributed by atoms with van der Waals surface area (Å²) in [6.07, 6.45) is 0. The van der Waals surface area contributed by atoms with Crippen molar-refractivity contribution in [3.8, 4) is 5.75 Å². The van der Waals surface area contributed by atoms with Crippen LogP contribution in [0.1, 0.15) is 32.4 Å². The monoisotopic (exact) mass is 395 g/mol. The molecule has 0 aliphatic carbocycles. The van der Waals surface area contributed by atoms with Crippen molar-refractivity contribution in [3.63, 3.8) is 0 Å². The summed E-state index contributed by atoms with van der Waals surface area (Å²) in [4.78, 5) is 29.1. The summed E-state index contributed by atoms with van der Waals surface area (Å²) < 4.78 is 5.92. The van der Waals surface area contributed by atoms with Crippen LogP contribution >= 0.6 is 0 Å². The van der Waals surface area contributed by atoms with Crippen LogP contribution in [0.15, 0.2) is 54.6 Å². The molecule has 0 fully saturated rings. The number of likely N-dealkylation sites (N-methyl/N-ethyl adjacent to an activating group) is 1. The molecule has 29 heavy (non-hydrogen) atoms. The van der Waals surface area contributed by atoms with Gasteiger partial charge in [0.1, 0.15) is 12.4 Å². The molecule has 0 saturated carbocycles. The van der Waals surface area contributed by atoms with Gasteiger partial charge >= 0.3 is 0 Å². The van der Waals surface area contributed by atoms with Crippen LogP contribution < -0.4 is 15.0 Å². The minimum absolute atomic E-state index is 0.0688. The van der Waals surface area contributed by atoms with Crippen LogP contribution in [0.25, 0.3) is 0 Å².